The summed E-state index contributed by atoms with van der Waals surface area (Å²) in [5.74, 6) is 2.25. The number of aromatic nitrogens is 1. The van der Waals surface area contributed by atoms with Crippen LogP contribution in [0, 0.1) is 13.8 Å². The molecule has 0 aliphatic carbocycles. The number of aryl methyl sites for hydroxylation is 2. The molecule has 1 amide bonds. The van der Waals surface area contributed by atoms with E-state index in [1.165, 1.54) is 24.1 Å². The quantitative estimate of drug-likeness (QED) is 0.781. The highest BCUT2D eigenvalue weighted by molar-refractivity contribution is 7.98. The molecule has 3 nitrogen and oxygen atoms in total. The summed E-state index contributed by atoms with van der Waals surface area (Å²) in [7, 11) is 0. The zero-order valence-corrected chi connectivity index (χ0v) is 13.4. The van der Waals surface area contributed by atoms with E-state index in [1.54, 1.807) is 11.3 Å². The number of likely N-dealkylation sites (tertiary alicyclic amines) is 1. The summed E-state index contributed by atoms with van der Waals surface area (Å²) in [6.07, 6.45) is 4.32. The Labute approximate surface area is 123 Å². The Balaban J connectivity index is 1.66. The van der Waals surface area contributed by atoms with E-state index in [0.717, 1.165) is 35.3 Å². The number of hydrogen-bond acceptors (Lipinski definition) is 4. The average Bonchev–Trinajstić information content (AvgIpc) is 2.74. The number of rotatable bonds is 5. The fourth-order valence-corrected chi connectivity index (χ4v) is 4.41. The van der Waals surface area contributed by atoms with Crippen molar-refractivity contribution in [3.63, 3.8) is 0 Å². The van der Waals surface area contributed by atoms with E-state index in [0.29, 0.717) is 12.3 Å². The molecular formula is C14H22N2OS2. The van der Waals surface area contributed by atoms with Gasteiger partial charge in [-0.1, -0.05) is 0 Å². The van der Waals surface area contributed by atoms with Gasteiger partial charge in [0.2, 0.25) is 5.91 Å². The van der Waals surface area contributed by atoms with Gasteiger partial charge in [0.1, 0.15) is 0 Å². The number of piperidine rings is 1. The largest absolute Gasteiger partial charge is 0.343 e. The Morgan fingerprint density at radius 3 is 2.68 bits per heavy atom. The van der Waals surface area contributed by atoms with Crippen LogP contribution in [0.15, 0.2) is 0 Å². The lowest BCUT2D eigenvalue weighted by Gasteiger charge is -2.26. The van der Waals surface area contributed by atoms with Gasteiger partial charge in [-0.25, -0.2) is 4.98 Å². The van der Waals surface area contributed by atoms with Gasteiger partial charge in [-0.05, 0) is 33.1 Å². The topological polar surface area (TPSA) is 33.2 Å². The van der Waals surface area contributed by atoms with Crippen molar-refractivity contribution < 1.29 is 4.79 Å². The van der Waals surface area contributed by atoms with Crippen molar-refractivity contribution >= 4 is 29.0 Å². The van der Waals surface area contributed by atoms with Gasteiger partial charge >= 0.3 is 0 Å². The van der Waals surface area contributed by atoms with Gasteiger partial charge in [0.05, 0.1) is 10.7 Å². The van der Waals surface area contributed by atoms with Crippen molar-refractivity contribution in [2.45, 2.75) is 45.3 Å². The summed E-state index contributed by atoms with van der Waals surface area (Å²) in [4.78, 5) is 19.8. The molecule has 106 valence electrons. The third kappa shape index (κ3) is 4.49. The highest BCUT2D eigenvalue weighted by Gasteiger charge is 2.15. The SMILES string of the molecule is Cc1nc(C)c(CSCCC(=O)N2CCCCC2)s1. The highest BCUT2D eigenvalue weighted by atomic mass is 32.2. The minimum Gasteiger partial charge on any atom is -0.343 e. The van der Waals surface area contributed by atoms with Gasteiger partial charge in [-0.2, -0.15) is 11.8 Å². The van der Waals surface area contributed by atoms with Crippen LogP contribution in [0.3, 0.4) is 0 Å². The molecule has 2 rings (SSSR count). The number of thioether (sulfide) groups is 1. The number of nitrogens with zero attached hydrogens (tertiary/aromatic N) is 2. The molecular weight excluding hydrogens is 276 g/mol. The third-order valence-corrected chi connectivity index (χ3v) is 5.64. The van der Waals surface area contributed by atoms with E-state index in [9.17, 15) is 4.79 Å². The number of carbonyl (C=O) groups is 1. The number of hydrogen-bond donors (Lipinski definition) is 0. The highest BCUT2D eigenvalue weighted by Crippen LogP contribution is 2.23. The van der Waals surface area contributed by atoms with Crippen LogP contribution in [-0.4, -0.2) is 34.6 Å². The van der Waals surface area contributed by atoms with Crippen molar-refractivity contribution in [2.24, 2.45) is 0 Å². The van der Waals surface area contributed by atoms with Gasteiger partial charge in [-0.3, -0.25) is 4.79 Å². The Morgan fingerprint density at radius 1 is 1.32 bits per heavy atom. The standard InChI is InChI=1S/C14H22N2OS2/c1-11-13(19-12(2)15-11)10-18-9-6-14(17)16-7-4-3-5-8-16/h3-10H2,1-2H3. The average molecular weight is 298 g/mol. The van der Waals surface area contributed by atoms with Crippen LogP contribution < -0.4 is 0 Å². The number of thiazole rings is 1. The van der Waals surface area contributed by atoms with E-state index in [-0.39, 0.29) is 0 Å². The zero-order chi connectivity index (χ0) is 13.7. The molecule has 0 spiro atoms. The van der Waals surface area contributed by atoms with Crippen LogP contribution >= 0.6 is 23.1 Å². The second-order valence-electron chi connectivity index (χ2n) is 4.99. The van der Waals surface area contributed by atoms with Crippen LogP contribution in [-0.2, 0) is 10.5 Å². The normalized spacial score (nSPS) is 15.8. The van der Waals surface area contributed by atoms with Crippen LogP contribution in [0.25, 0.3) is 0 Å². The molecule has 0 saturated carbocycles. The fourth-order valence-electron chi connectivity index (χ4n) is 2.33. The fraction of sp³-hybridized carbons (Fsp3) is 0.714. The van der Waals surface area contributed by atoms with Gasteiger partial charge in [0.15, 0.2) is 0 Å². The van der Waals surface area contributed by atoms with Gasteiger partial charge in [0, 0.05) is 35.9 Å². The molecule has 0 bridgehead atoms. The van der Waals surface area contributed by atoms with Gasteiger partial charge < -0.3 is 4.90 Å². The molecule has 0 aromatic carbocycles. The number of amides is 1. The Bertz CT molecular complexity index is 425. The maximum atomic E-state index is 12.0. The molecule has 0 radical (unpaired) electrons. The third-order valence-electron chi connectivity index (χ3n) is 3.40. The van der Waals surface area contributed by atoms with Crippen LogP contribution in [0.2, 0.25) is 0 Å². The molecule has 0 unspecified atom stereocenters. The van der Waals surface area contributed by atoms with Crippen LogP contribution in [0.5, 0.6) is 0 Å². The Morgan fingerprint density at radius 2 is 2.05 bits per heavy atom. The maximum Gasteiger partial charge on any atom is 0.223 e. The summed E-state index contributed by atoms with van der Waals surface area (Å²) < 4.78 is 0. The summed E-state index contributed by atoms with van der Waals surface area (Å²) in [6, 6.07) is 0. The molecule has 1 fully saturated rings. The lowest BCUT2D eigenvalue weighted by Crippen LogP contribution is -2.35. The molecule has 19 heavy (non-hydrogen) atoms. The first kappa shape index (κ1) is 14.9. The van der Waals surface area contributed by atoms with Crippen LogP contribution in [0.1, 0.15) is 41.3 Å². The second-order valence-corrected chi connectivity index (χ2v) is 7.38. The molecule has 1 aliphatic heterocycles. The second kappa shape index (κ2) is 7.29. The molecule has 1 saturated heterocycles. The first-order valence-electron chi connectivity index (χ1n) is 6.95. The summed E-state index contributed by atoms with van der Waals surface area (Å²) in [5, 5.41) is 1.14. The van der Waals surface area contributed by atoms with Crippen LogP contribution in [0.4, 0.5) is 0 Å². The molecule has 1 aliphatic rings. The summed E-state index contributed by atoms with van der Waals surface area (Å²) >= 11 is 3.62. The molecule has 2 heterocycles. The minimum absolute atomic E-state index is 0.337. The van der Waals surface area contributed by atoms with Gasteiger partial charge in [0.25, 0.3) is 0 Å². The van der Waals surface area contributed by atoms with E-state index in [1.807, 2.05) is 23.6 Å². The Kier molecular flexibility index (Phi) is 5.70. The monoisotopic (exact) mass is 298 g/mol. The first-order valence-corrected chi connectivity index (χ1v) is 8.92. The lowest BCUT2D eigenvalue weighted by atomic mass is 10.1. The summed E-state index contributed by atoms with van der Waals surface area (Å²) in [6.45, 7) is 6.05. The first-order chi connectivity index (χ1) is 9.16. The van der Waals surface area contributed by atoms with Crippen molar-refractivity contribution in [3.8, 4) is 0 Å². The molecule has 1 aromatic rings. The van der Waals surface area contributed by atoms with E-state index in [4.69, 9.17) is 0 Å². The lowest BCUT2D eigenvalue weighted by molar-refractivity contribution is -0.131. The molecule has 1 aromatic heterocycles. The van der Waals surface area contributed by atoms with E-state index >= 15 is 0 Å². The van der Waals surface area contributed by atoms with Crippen molar-refractivity contribution in [1.82, 2.24) is 9.88 Å². The predicted molar refractivity (Wildman–Crippen MR) is 82.8 cm³/mol. The van der Waals surface area contributed by atoms with E-state index in [2.05, 4.69) is 11.9 Å². The summed E-state index contributed by atoms with van der Waals surface area (Å²) in [5.41, 5.74) is 1.15. The van der Waals surface area contributed by atoms with E-state index < -0.39 is 0 Å². The molecule has 5 heteroatoms. The van der Waals surface area contributed by atoms with Gasteiger partial charge in [-0.15, -0.1) is 11.3 Å². The zero-order valence-electron chi connectivity index (χ0n) is 11.8. The predicted octanol–water partition coefficient (Wildman–Crippen LogP) is 3.40. The minimum atomic E-state index is 0.337. The van der Waals surface area contributed by atoms with Crippen molar-refractivity contribution in [1.29, 1.82) is 0 Å². The van der Waals surface area contributed by atoms with Crippen molar-refractivity contribution in [3.05, 3.63) is 15.6 Å². The molecule has 0 N–H and O–H groups in total. The smallest absolute Gasteiger partial charge is 0.223 e. The molecule has 0 atom stereocenters. The Hall–Kier alpha value is -0.550. The number of carbonyl (C=O) groups excluding carboxylic acids is 1. The maximum absolute atomic E-state index is 12.0. The van der Waals surface area contributed by atoms with Crippen molar-refractivity contribution in [2.75, 3.05) is 18.8 Å².